The summed E-state index contributed by atoms with van der Waals surface area (Å²) >= 11 is 5.94. The average Bonchev–Trinajstić information content (AvgIpc) is 1.98. The van der Waals surface area contributed by atoms with E-state index in [0.717, 1.165) is 6.20 Å². The minimum atomic E-state index is -4.41. The first-order chi connectivity index (χ1) is 5.84. The van der Waals surface area contributed by atoms with Gasteiger partial charge >= 0.3 is 6.18 Å². The molecule has 0 aliphatic carbocycles. The van der Waals surface area contributed by atoms with Crippen LogP contribution in [0.4, 0.5) is 13.2 Å². The molecule has 0 fully saturated rings. The lowest BCUT2D eigenvalue weighted by molar-refractivity contribution is -0.141. The van der Waals surface area contributed by atoms with Crippen LogP contribution >= 0.6 is 31.9 Å². The molecule has 6 heteroatoms. The highest BCUT2D eigenvalue weighted by Crippen LogP contribution is 2.36. The van der Waals surface area contributed by atoms with Crippen molar-refractivity contribution in [2.45, 2.75) is 13.1 Å². The second-order valence-electron chi connectivity index (χ2n) is 2.39. The molecule has 0 atom stereocenters. The molecule has 1 aromatic heterocycles. The van der Waals surface area contributed by atoms with Crippen molar-refractivity contribution in [1.82, 2.24) is 4.98 Å². The summed E-state index contributed by atoms with van der Waals surface area (Å²) in [5, 5.41) is 0. The highest BCUT2D eigenvalue weighted by molar-refractivity contribution is 9.11. The van der Waals surface area contributed by atoms with Crippen LogP contribution in [0, 0.1) is 6.92 Å². The van der Waals surface area contributed by atoms with E-state index >= 15 is 0 Å². The number of hydrogen-bond donors (Lipinski definition) is 0. The lowest BCUT2D eigenvalue weighted by atomic mass is 10.2. The summed E-state index contributed by atoms with van der Waals surface area (Å²) in [7, 11) is 0. The molecule has 1 nitrogen and oxygen atoms in total. The zero-order valence-corrected chi connectivity index (χ0v) is 9.59. The predicted molar refractivity (Wildman–Crippen MR) is 49.4 cm³/mol. The number of rotatable bonds is 0. The SMILES string of the molecule is Cc1c(Br)cnc(C(F)(F)F)c1Br. The molecule has 0 aromatic carbocycles. The van der Waals surface area contributed by atoms with E-state index < -0.39 is 11.9 Å². The highest BCUT2D eigenvalue weighted by atomic mass is 79.9. The van der Waals surface area contributed by atoms with E-state index in [-0.39, 0.29) is 4.47 Å². The topological polar surface area (TPSA) is 12.9 Å². The Hall–Kier alpha value is -0.100. The zero-order valence-electron chi connectivity index (χ0n) is 6.41. The number of alkyl halides is 3. The van der Waals surface area contributed by atoms with Gasteiger partial charge in [0.2, 0.25) is 0 Å². The first-order valence-electron chi connectivity index (χ1n) is 3.22. The van der Waals surface area contributed by atoms with E-state index in [9.17, 15) is 13.2 Å². The Morgan fingerprint density at radius 2 is 1.85 bits per heavy atom. The number of nitrogens with zero attached hydrogens (tertiary/aromatic N) is 1. The minimum absolute atomic E-state index is 0.0191. The molecule has 0 unspecified atom stereocenters. The van der Waals surface area contributed by atoms with Gasteiger partial charge in [0.05, 0.1) is 4.47 Å². The highest BCUT2D eigenvalue weighted by Gasteiger charge is 2.35. The molecule has 0 saturated carbocycles. The van der Waals surface area contributed by atoms with Gasteiger partial charge in [0.25, 0.3) is 0 Å². The second-order valence-corrected chi connectivity index (χ2v) is 4.04. The largest absolute Gasteiger partial charge is 0.434 e. The number of halogens is 5. The van der Waals surface area contributed by atoms with Gasteiger partial charge in [-0.25, -0.2) is 4.98 Å². The van der Waals surface area contributed by atoms with Gasteiger partial charge in [-0.3, -0.25) is 0 Å². The Bertz CT molecular complexity index is 335. The van der Waals surface area contributed by atoms with Gasteiger partial charge in [0, 0.05) is 10.7 Å². The molecule has 0 saturated heterocycles. The average molecular weight is 319 g/mol. The molecule has 0 radical (unpaired) electrons. The Labute approximate surface area is 89.6 Å². The lowest BCUT2D eigenvalue weighted by Gasteiger charge is -2.10. The van der Waals surface area contributed by atoms with Gasteiger partial charge in [-0.2, -0.15) is 13.2 Å². The van der Waals surface area contributed by atoms with Crippen molar-refractivity contribution in [1.29, 1.82) is 0 Å². The Balaban J connectivity index is 3.35. The van der Waals surface area contributed by atoms with E-state index in [1.165, 1.54) is 0 Å². The smallest absolute Gasteiger partial charge is 0.249 e. The summed E-state index contributed by atoms with van der Waals surface area (Å²) in [5.74, 6) is 0. The number of aromatic nitrogens is 1. The van der Waals surface area contributed by atoms with Gasteiger partial charge in [-0.15, -0.1) is 0 Å². The molecular weight excluding hydrogens is 315 g/mol. The molecule has 0 aliphatic rings. The van der Waals surface area contributed by atoms with Crippen LogP contribution in [-0.2, 0) is 6.18 Å². The summed E-state index contributed by atoms with van der Waals surface area (Å²) < 4.78 is 37.3. The fraction of sp³-hybridized carbons (Fsp3) is 0.286. The van der Waals surface area contributed by atoms with Crippen LogP contribution in [0.5, 0.6) is 0 Å². The number of hydrogen-bond acceptors (Lipinski definition) is 1. The van der Waals surface area contributed by atoms with Gasteiger partial charge in [-0.05, 0) is 44.3 Å². The van der Waals surface area contributed by atoms with Gasteiger partial charge in [-0.1, -0.05) is 0 Å². The molecule has 13 heavy (non-hydrogen) atoms. The Morgan fingerprint density at radius 3 is 2.31 bits per heavy atom. The first kappa shape index (κ1) is 11.0. The molecule has 0 amide bonds. The van der Waals surface area contributed by atoms with Crippen molar-refractivity contribution in [3.63, 3.8) is 0 Å². The maximum atomic E-state index is 12.3. The van der Waals surface area contributed by atoms with Crippen molar-refractivity contribution in [3.8, 4) is 0 Å². The maximum absolute atomic E-state index is 12.3. The van der Waals surface area contributed by atoms with Crippen LogP contribution in [0.25, 0.3) is 0 Å². The van der Waals surface area contributed by atoms with Crippen molar-refractivity contribution in [2.75, 3.05) is 0 Å². The van der Waals surface area contributed by atoms with E-state index in [4.69, 9.17) is 0 Å². The quantitative estimate of drug-likeness (QED) is 0.706. The van der Waals surface area contributed by atoms with Crippen molar-refractivity contribution in [2.24, 2.45) is 0 Å². The number of pyridine rings is 1. The summed E-state index contributed by atoms with van der Waals surface area (Å²) in [6, 6.07) is 0. The van der Waals surface area contributed by atoms with Gasteiger partial charge in [0.15, 0.2) is 5.69 Å². The monoisotopic (exact) mass is 317 g/mol. The third-order valence-electron chi connectivity index (χ3n) is 1.47. The third-order valence-corrected chi connectivity index (χ3v) is 3.24. The molecule has 0 N–H and O–H groups in total. The fourth-order valence-corrected chi connectivity index (χ4v) is 1.86. The van der Waals surface area contributed by atoms with E-state index in [0.29, 0.717) is 10.0 Å². The molecule has 1 aromatic rings. The van der Waals surface area contributed by atoms with Crippen molar-refractivity contribution in [3.05, 3.63) is 26.4 Å². The molecule has 0 bridgehead atoms. The van der Waals surface area contributed by atoms with Crippen LogP contribution in [0.15, 0.2) is 15.1 Å². The summed E-state index contributed by atoms with van der Waals surface area (Å²) in [4.78, 5) is 3.29. The van der Waals surface area contributed by atoms with Gasteiger partial charge < -0.3 is 0 Å². The Morgan fingerprint density at radius 1 is 1.31 bits per heavy atom. The predicted octanol–water partition coefficient (Wildman–Crippen LogP) is 3.93. The standard InChI is InChI=1S/C7H4Br2F3N/c1-3-4(8)2-13-6(5(3)9)7(10,11)12/h2H,1H3. The van der Waals surface area contributed by atoms with E-state index in [2.05, 4.69) is 36.8 Å². The molecule has 1 heterocycles. The van der Waals surface area contributed by atoms with Crippen molar-refractivity contribution >= 4 is 31.9 Å². The summed E-state index contributed by atoms with van der Waals surface area (Å²) in [5.41, 5.74) is -0.407. The van der Waals surface area contributed by atoms with Crippen LogP contribution in [0.1, 0.15) is 11.3 Å². The van der Waals surface area contributed by atoms with Crippen LogP contribution in [0.2, 0.25) is 0 Å². The first-order valence-corrected chi connectivity index (χ1v) is 4.80. The fourth-order valence-electron chi connectivity index (χ4n) is 0.755. The molecule has 72 valence electrons. The zero-order chi connectivity index (χ0) is 10.2. The molecular formula is C7H4Br2F3N. The molecule has 0 aliphatic heterocycles. The lowest BCUT2D eigenvalue weighted by Crippen LogP contribution is -2.09. The third kappa shape index (κ3) is 2.22. The normalized spacial score (nSPS) is 11.8. The van der Waals surface area contributed by atoms with Crippen LogP contribution < -0.4 is 0 Å². The Kier molecular flexibility index (Phi) is 3.01. The minimum Gasteiger partial charge on any atom is -0.249 e. The summed E-state index contributed by atoms with van der Waals surface area (Å²) in [6.45, 7) is 1.57. The maximum Gasteiger partial charge on any atom is 0.434 e. The van der Waals surface area contributed by atoms with Crippen molar-refractivity contribution < 1.29 is 13.2 Å². The van der Waals surface area contributed by atoms with Crippen LogP contribution in [-0.4, -0.2) is 4.98 Å². The van der Waals surface area contributed by atoms with Crippen LogP contribution in [0.3, 0.4) is 0 Å². The molecule has 1 rings (SSSR count). The second kappa shape index (κ2) is 3.57. The summed E-state index contributed by atoms with van der Waals surface area (Å²) in [6.07, 6.45) is -3.27. The molecule has 0 spiro atoms. The van der Waals surface area contributed by atoms with E-state index in [1.54, 1.807) is 6.92 Å². The van der Waals surface area contributed by atoms with Gasteiger partial charge in [0.1, 0.15) is 0 Å². The van der Waals surface area contributed by atoms with E-state index in [1.807, 2.05) is 0 Å².